The van der Waals surface area contributed by atoms with Crippen molar-refractivity contribution >= 4 is 5.97 Å². The number of nitrogens with zero attached hydrogens (tertiary/aromatic N) is 2. The molecule has 0 spiro atoms. The second kappa shape index (κ2) is 6.15. The maximum atomic E-state index is 11.4. The highest BCUT2D eigenvalue weighted by atomic mass is 16.5. The summed E-state index contributed by atoms with van der Waals surface area (Å²) in [6, 6.07) is 7.20. The van der Waals surface area contributed by atoms with E-state index in [9.17, 15) is 9.90 Å². The van der Waals surface area contributed by atoms with Crippen molar-refractivity contribution in [2.45, 2.75) is 20.0 Å². The third-order valence-corrected chi connectivity index (χ3v) is 3.94. The number of hydrogen-bond acceptors (Lipinski definition) is 4. The highest BCUT2D eigenvalue weighted by Crippen LogP contribution is 2.27. The van der Waals surface area contributed by atoms with Crippen LogP contribution in [0.25, 0.3) is 0 Å². The van der Waals surface area contributed by atoms with E-state index in [1.54, 1.807) is 18.3 Å². The van der Waals surface area contributed by atoms with Crippen LogP contribution in [0.1, 0.15) is 27.0 Å². The molecule has 1 aliphatic heterocycles. The summed E-state index contributed by atoms with van der Waals surface area (Å²) in [5, 5.41) is 9.37. The fraction of sp³-hybridized carbons (Fsp3) is 0.294. The van der Waals surface area contributed by atoms with E-state index >= 15 is 0 Å². The Bertz CT molecular complexity index is 700. The number of ether oxygens (including phenoxy) is 1. The van der Waals surface area contributed by atoms with Crippen LogP contribution in [0.4, 0.5) is 0 Å². The van der Waals surface area contributed by atoms with Gasteiger partial charge in [-0.3, -0.25) is 9.88 Å². The van der Waals surface area contributed by atoms with Gasteiger partial charge < -0.3 is 9.84 Å². The lowest BCUT2D eigenvalue weighted by Gasteiger charge is -2.20. The van der Waals surface area contributed by atoms with Gasteiger partial charge in [-0.25, -0.2) is 4.79 Å². The predicted molar refractivity (Wildman–Crippen MR) is 82.0 cm³/mol. The van der Waals surface area contributed by atoms with Crippen LogP contribution in [0.2, 0.25) is 0 Å². The molecule has 0 fully saturated rings. The van der Waals surface area contributed by atoms with Gasteiger partial charge in [0.25, 0.3) is 0 Å². The highest BCUT2D eigenvalue weighted by Gasteiger charge is 2.21. The molecule has 3 rings (SSSR count). The van der Waals surface area contributed by atoms with Crippen molar-refractivity contribution < 1.29 is 14.6 Å². The Labute approximate surface area is 129 Å². The second-order valence-electron chi connectivity index (χ2n) is 5.45. The van der Waals surface area contributed by atoms with Crippen LogP contribution in [0, 0.1) is 6.92 Å². The number of carbonyl (C=O) groups is 1. The summed E-state index contributed by atoms with van der Waals surface area (Å²) < 4.78 is 5.72. The first-order valence-corrected chi connectivity index (χ1v) is 7.25. The molecule has 5 heteroatoms. The molecule has 1 aromatic carbocycles. The van der Waals surface area contributed by atoms with Crippen LogP contribution in [0.3, 0.4) is 0 Å². The van der Waals surface area contributed by atoms with Gasteiger partial charge in [0.15, 0.2) is 0 Å². The number of fused-ring (bicyclic) bond motifs is 1. The Kier molecular flexibility index (Phi) is 4.06. The average molecular weight is 298 g/mol. The summed E-state index contributed by atoms with van der Waals surface area (Å²) in [5.41, 5.74) is 3.40. The minimum atomic E-state index is -0.914. The summed E-state index contributed by atoms with van der Waals surface area (Å²) in [6.45, 7) is 4.67. The number of carboxylic acids is 1. The van der Waals surface area contributed by atoms with E-state index in [0.717, 1.165) is 24.2 Å². The van der Waals surface area contributed by atoms with Crippen LogP contribution in [-0.4, -0.2) is 34.1 Å². The van der Waals surface area contributed by atoms with Crippen molar-refractivity contribution in [2.24, 2.45) is 0 Å². The third-order valence-electron chi connectivity index (χ3n) is 3.94. The first-order chi connectivity index (χ1) is 10.6. The average Bonchev–Trinajstić information content (AvgIpc) is 2.70. The monoisotopic (exact) mass is 298 g/mol. The smallest absolute Gasteiger partial charge is 0.336 e. The van der Waals surface area contributed by atoms with Crippen LogP contribution in [0.15, 0.2) is 36.7 Å². The van der Waals surface area contributed by atoms with Crippen LogP contribution < -0.4 is 4.74 Å². The van der Waals surface area contributed by atoms with E-state index in [2.05, 4.69) is 9.88 Å². The van der Waals surface area contributed by atoms with Crippen LogP contribution in [-0.2, 0) is 13.1 Å². The molecule has 5 nitrogen and oxygen atoms in total. The van der Waals surface area contributed by atoms with Crippen molar-refractivity contribution in [3.63, 3.8) is 0 Å². The maximum Gasteiger partial charge on any atom is 0.336 e. The molecule has 1 aliphatic rings. The quantitative estimate of drug-likeness (QED) is 0.943. The molecule has 1 N–H and O–H groups in total. The van der Waals surface area contributed by atoms with E-state index < -0.39 is 5.97 Å². The summed E-state index contributed by atoms with van der Waals surface area (Å²) >= 11 is 0. The lowest BCUT2D eigenvalue weighted by atomic mass is 10.1. The van der Waals surface area contributed by atoms with E-state index in [1.165, 1.54) is 5.56 Å². The molecule has 0 saturated carbocycles. The van der Waals surface area contributed by atoms with Gasteiger partial charge in [0, 0.05) is 37.6 Å². The number of benzene rings is 1. The molecule has 0 saturated heterocycles. The topological polar surface area (TPSA) is 62.7 Å². The maximum absolute atomic E-state index is 11.4. The molecule has 0 radical (unpaired) electrons. The number of aromatic nitrogens is 1. The molecule has 22 heavy (non-hydrogen) atoms. The van der Waals surface area contributed by atoms with Gasteiger partial charge in [-0.15, -0.1) is 0 Å². The fourth-order valence-electron chi connectivity index (χ4n) is 2.71. The van der Waals surface area contributed by atoms with Gasteiger partial charge in [-0.2, -0.15) is 0 Å². The Hall–Kier alpha value is -2.40. The Morgan fingerprint density at radius 2 is 2.27 bits per heavy atom. The summed E-state index contributed by atoms with van der Waals surface area (Å²) in [5.74, 6) is -0.240. The molecule has 1 aromatic heterocycles. The molecule has 0 unspecified atom stereocenters. The van der Waals surface area contributed by atoms with Crippen molar-refractivity contribution in [2.75, 3.05) is 13.2 Å². The van der Waals surface area contributed by atoms with Crippen molar-refractivity contribution in [3.05, 3.63) is 58.9 Å². The minimum Gasteiger partial charge on any atom is -0.492 e. The Balaban J connectivity index is 1.88. The molecule has 0 atom stereocenters. The molecule has 0 amide bonds. The standard InChI is InChI=1S/C17H18N2O3/c1-12-9-18-6-5-13(12)10-19-7-8-22-16-4-2-3-14(17(20)21)15(16)11-19/h2-6,9H,7-8,10-11H2,1H3,(H,20,21). The fourth-order valence-corrected chi connectivity index (χ4v) is 2.71. The van der Waals surface area contributed by atoms with E-state index in [-0.39, 0.29) is 0 Å². The molecule has 0 bridgehead atoms. The summed E-state index contributed by atoms with van der Waals surface area (Å²) in [6.07, 6.45) is 3.63. The molecular formula is C17H18N2O3. The number of hydrogen-bond donors (Lipinski definition) is 1. The number of rotatable bonds is 3. The number of aryl methyl sites for hydroxylation is 1. The Morgan fingerprint density at radius 1 is 1.41 bits per heavy atom. The van der Waals surface area contributed by atoms with Gasteiger partial charge in [-0.05, 0) is 36.2 Å². The SMILES string of the molecule is Cc1cnccc1CN1CCOc2cccc(C(=O)O)c2C1. The van der Waals surface area contributed by atoms with Gasteiger partial charge in [0.2, 0.25) is 0 Å². The van der Waals surface area contributed by atoms with E-state index in [1.807, 2.05) is 25.3 Å². The lowest BCUT2D eigenvalue weighted by molar-refractivity contribution is 0.0694. The number of pyridine rings is 1. The van der Waals surface area contributed by atoms with Crippen molar-refractivity contribution in [1.29, 1.82) is 0 Å². The van der Waals surface area contributed by atoms with Crippen LogP contribution in [0.5, 0.6) is 5.75 Å². The highest BCUT2D eigenvalue weighted by molar-refractivity contribution is 5.90. The third kappa shape index (κ3) is 2.94. The first kappa shape index (κ1) is 14.5. The van der Waals surface area contributed by atoms with Gasteiger partial charge in [0.05, 0.1) is 5.56 Å². The predicted octanol–water partition coefficient (Wildman–Crippen LogP) is 2.48. The normalized spacial score (nSPS) is 14.8. The van der Waals surface area contributed by atoms with Crippen molar-refractivity contribution in [1.82, 2.24) is 9.88 Å². The Morgan fingerprint density at radius 3 is 3.05 bits per heavy atom. The van der Waals surface area contributed by atoms with E-state index in [0.29, 0.717) is 24.5 Å². The van der Waals surface area contributed by atoms with Gasteiger partial charge in [0.1, 0.15) is 12.4 Å². The van der Waals surface area contributed by atoms with Crippen molar-refractivity contribution in [3.8, 4) is 5.75 Å². The lowest BCUT2D eigenvalue weighted by Crippen LogP contribution is -2.26. The van der Waals surface area contributed by atoms with E-state index in [4.69, 9.17) is 4.74 Å². The zero-order valence-corrected chi connectivity index (χ0v) is 12.5. The molecule has 2 aromatic rings. The second-order valence-corrected chi connectivity index (χ2v) is 5.45. The molecule has 114 valence electrons. The summed E-state index contributed by atoms with van der Waals surface area (Å²) in [4.78, 5) is 17.7. The number of aromatic carboxylic acids is 1. The number of carboxylic acid groups (broad SMARTS) is 1. The zero-order chi connectivity index (χ0) is 15.5. The first-order valence-electron chi connectivity index (χ1n) is 7.25. The zero-order valence-electron chi connectivity index (χ0n) is 12.5. The summed E-state index contributed by atoms with van der Waals surface area (Å²) in [7, 11) is 0. The van der Waals surface area contributed by atoms with Crippen LogP contribution >= 0.6 is 0 Å². The molecule has 2 heterocycles. The molecule has 0 aliphatic carbocycles. The largest absolute Gasteiger partial charge is 0.492 e. The molecular weight excluding hydrogens is 280 g/mol. The van der Waals surface area contributed by atoms with Gasteiger partial charge in [-0.1, -0.05) is 6.07 Å². The minimum absolute atomic E-state index is 0.316. The van der Waals surface area contributed by atoms with Gasteiger partial charge >= 0.3 is 5.97 Å².